The Balaban J connectivity index is 2.14. The van der Waals surface area contributed by atoms with Crippen LogP contribution in [0.25, 0.3) is 0 Å². The molecule has 2 aliphatic rings. The van der Waals surface area contributed by atoms with Crippen molar-refractivity contribution in [2.45, 2.75) is 38.5 Å². The largest absolute Gasteiger partial charge is 0.478 e. The number of carbonyl (C=O) groups is 1. The number of carboxylic acids is 1. The fourth-order valence-electron chi connectivity index (χ4n) is 2.33. The fraction of sp³-hybridized carbons (Fsp3) is 0.500. The molecular weight excluding hydrogens is 200 g/mol. The van der Waals surface area contributed by atoms with E-state index in [9.17, 15) is 4.79 Å². The summed E-state index contributed by atoms with van der Waals surface area (Å²) in [5.74, 6) is 5.80. The van der Waals surface area contributed by atoms with Crippen LogP contribution in [-0.4, -0.2) is 11.1 Å². The Morgan fingerprint density at radius 3 is 2.69 bits per heavy atom. The van der Waals surface area contributed by atoms with Crippen LogP contribution in [0.1, 0.15) is 38.5 Å². The van der Waals surface area contributed by atoms with Gasteiger partial charge in [-0.1, -0.05) is 31.1 Å². The Hall–Kier alpha value is -1.49. The first-order valence-electron chi connectivity index (χ1n) is 5.90. The van der Waals surface area contributed by atoms with Gasteiger partial charge in [-0.2, -0.15) is 0 Å². The van der Waals surface area contributed by atoms with Gasteiger partial charge in [-0.25, -0.2) is 4.79 Å². The summed E-state index contributed by atoms with van der Waals surface area (Å²) in [4.78, 5) is 10.8. The molecule has 2 rings (SSSR count). The van der Waals surface area contributed by atoms with Gasteiger partial charge in [0.05, 0.1) is 0 Å². The highest BCUT2D eigenvalue weighted by Gasteiger charge is 2.17. The average Bonchev–Trinajstić information content (AvgIpc) is 2.55. The third-order valence-electron chi connectivity index (χ3n) is 3.30. The first-order valence-corrected chi connectivity index (χ1v) is 5.90. The second-order valence-corrected chi connectivity index (χ2v) is 4.43. The lowest BCUT2D eigenvalue weighted by Crippen LogP contribution is -2.07. The van der Waals surface area contributed by atoms with Crippen LogP contribution in [0.4, 0.5) is 0 Å². The quantitative estimate of drug-likeness (QED) is 0.720. The van der Waals surface area contributed by atoms with Crippen LogP contribution < -0.4 is 0 Å². The van der Waals surface area contributed by atoms with Gasteiger partial charge in [0.25, 0.3) is 0 Å². The highest BCUT2D eigenvalue weighted by molar-refractivity contribution is 5.87. The number of allylic oxidation sites excluding steroid dienone is 3. The van der Waals surface area contributed by atoms with E-state index in [-0.39, 0.29) is 0 Å². The first kappa shape index (κ1) is 11.0. The van der Waals surface area contributed by atoms with E-state index in [0.29, 0.717) is 17.9 Å². The molecule has 1 saturated carbocycles. The van der Waals surface area contributed by atoms with E-state index in [2.05, 4.69) is 11.8 Å². The number of hydrogen-bond acceptors (Lipinski definition) is 1. The number of aliphatic carboxylic acids is 1. The molecule has 0 bridgehead atoms. The van der Waals surface area contributed by atoms with Crippen molar-refractivity contribution < 1.29 is 9.90 Å². The Labute approximate surface area is 96.0 Å². The van der Waals surface area contributed by atoms with Crippen molar-refractivity contribution in [1.82, 2.24) is 0 Å². The van der Waals surface area contributed by atoms with Gasteiger partial charge < -0.3 is 5.11 Å². The summed E-state index contributed by atoms with van der Waals surface area (Å²) in [6, 6.07) is 0. The van der Waals surface area contributed by atoms with E-state index < -0.39 is 5.97 Å². The molecule has 84 valence electrons. The van der Waals surface area contributed by atoms with Crippen LogP contribution in [0.2, 0.25) is 0 Å². The zero-order chi connectivity index (χ0) is 11.4. The molecule has 0 aliphatic heterocycles. The summed E-state index contributed by atoms with van der Waals surface area (Å²) in [5.41, 5.74) is 1.54. The third-order valence-corrected chi connectivity index (χ3v) is 3.30. The summed E-state index contributed by atoms with van der Waals surface area (Å²) >= 11 is 0. The highest BCUT2D eigenvalue weighted by atomic mass is 16.4. The molecule has 0 aromatic carbocycles. The zero-order valence-corrected chi connectivity index (χ0v) is 9.33. The van der Waals surface area contributed by atoms with Gasteiger partial charge in [0.2, 0.25) is 0 Å². The predicted octanol–water partition coefficient (Wildman–Crippen LogP) is 2.91. The second kappa shape index (κ2) is 5.03. The van der Waals surface area contributed by atoms with E-state index in [0.717, 1.165) is 5.57 Å². The molecule has 0 radical (unpaired) electrons. The molecule has 0 spiro atoms. The second-order valence-electron chi connectivity index (χ2n) is 4.43. The molecule has 0 saturated heterocycles. The number of rotatable bonds is 2. The van der Waals surface area contributed by atoms with Crippen LogP contribution in [0.15, 0.2) is 23.3 Å². The minimum absolute atomic E-state index is 0.363. The molecule has 0 atom stereocenters. The molecule has 2 nitrogen and oxygen atoms in total. The van der Waals surface area contributed by atoms with Crippen molar-refractivity contribution >= 4 is 5.97 Å². The summed E-state index contributed by atoms with van der Waals surface area (Å²) in [6.45, 7) is 0. The maximum atomic E-state index is 10.8. The minimum atomic E-state index is -0.851. The van der Waals surface area contributed by atoms with Crippen LogP contribution in [0.3, 0.4) is 0 Å². The summed E-state index contributed by atoms with van der Waals surface area (Å²) in [7, 11) is 0. The first-order chi connectivity index (χ1) is 7.77. The monoisotopic (exact) mass is 216 g/mol. The van der Waals surface area contributed by atoms with Crippen molar-refractivity contribution in [3.8, 4) is 11.8 Å². The maximum Gasteiger partial charge on any atom is 0.332 e. The molecule has 1 N–H and O–H groups in total. The standard InChI is InChI=1S/C14H16O2/c15-14(16)13-8-4-7-12(9-10-13)11-5-2-1-3-6-11/h9-11H,1-3,5-6,8H2,(H,15,16). The third kappa shape index (κ3) is 2.55. The Kier molecular flexibility index (Phi) is 3.46. The molecule has 2 heteroatoms. The molecule has 16 heavy (non-hydrogen) atoms. The van der Waals surface area contributed by atoms with Crippen molar-refractivity contribution in [2.24, 2.45) is 5.92 Å². The van der Waals surface area contributed by atoms with E-state index in [1.54, 1.807) is 6.08 Å². The molecule has 0 heterocycles. The van der Waals surface area contributed by atoms with Gasteiger partial charge in [0.15, 0.2) is 0 Å². The zero-order valence-electron chi connectivity index (χ0n) is 9.33. The molecule has 1 fully saturated rings. The topological polar surface area (TPSA) is 37.3 Å². The minimum Gasteiger partial charge on any atom is -0.478 e. The van der Waals surface area contributed by atoms with Gasteiger partial charge in [-0.15, -0.1) is 0 Å². The van der Waals surface area contributed by atoms with Crippen molar-refractivity contribution in [1.29, 1.82) is 0 Å². The van der Waals surface area contributed by atoms with E-state index >= 15 is 0 Å². The molecule has 0 aromatic rings. The predicted molar refractivity (Wildman–Crippen MR) is 62.8 cm³/mol. The number of hydrogen-bond donors (Lipinski definition) is 1. The molecule has 0 unspecified atom stereocenters. The smallest absolute Gasteiger partial charge is 0.332 e. The van der Waals surface area contributed by atoms with Gasteiger partial charge in [0.1, 0.15) is 0 Å². The van der Waals surface area contributed by atoms with Crippen molar-refractivity contribution in [2.75, 3.05) is 0 Å². The summed E-state index contributed by atoms with van der Waals surface area (Å²) < 4.78 is 0. The summed E-state index contributed by atoms with van der Waals surface area (Å²) in [6.07, 6.45) is 10.3. The van der Waals surface area contributed by atoms with Crippen molar-refractivity contribution in [3.05, 3.63) is 23.3 Å². The van der Waals surface area contributed by atoms with Crippen LogP contribution in [0, 0.1) is 17.8 Å². The van der Waals surface area contributed by atoms with Crippen LogP contribution in [-0.2, 0) is 4.79 Å². The maximum absolute atomic E-state index is 10.8. The van der Waals surface area contributed by atoms with Gasteiger partial charge in [0, 0.05) is 17.6 Å². The fourth-order valence-corrected chi connectivity index (χ4v) is 2.33. The Bertz CT molecular complexity index is 398. The van der Waals surface area contributed by atoms with Gasteiger partial charge in [-0.3, -0.25) is 0 Å². The van der Waals surface area contributed by atoms with E-state index in [1.165, 1.54) is 32.1 Å². The normalized spacial score (nSPS) is 21.2. The average molecular weight is 216 g/mol. The Morgan fingerprint density at radius 2 is 2.00 bits per heavy atom. The van der Waals surface area contributed by atoms with E-state index in [1.807, 2.05) is 6.08 Å². The molecule has 2 aliphatic carbocycles. The molecule has 0 amide bonds. The summed E-state index contributed by atoms with van der Waals surface area (Å²) in [5, 5.41) is 8.89. The molecular formula is C14H16O2. The number of carboxylic acid groups (broad SMARTS) is 1. The van der Waals surface area contributed by atoms with Crippen LogP contribution in [0.5, 0.6) is 0 Å². The van der Waals surface area contributed by atoms with E-state index in [4.69, 9.17) is 5.11 Å². The van der Waals surface area contributed by atoms with Gasteiger partial charge in [-0.05, 0) is 30.9 Å². The van der Waals surface area contributed by atoms with Crippen LogP contribution >= 0.6 is 0 Å². The van der Waals surface area contributed by atoms with Crippen molar-refractivity contribution in [3.63, 3.8) is 0 Å². The lowest BCUT2D eigenvalue weighted by molar-refractivity contribution is -0.132. The highest BCUT2D eigenvalue weighted by Crippen LogP contribution is 2.30. The van der Waals surface area contributed by atoms with Gasteiger partial charge >= 0.3 is 5.97 Å². The Morgan fingerprint density at radius 1 is 1.25 bits per heavy atom. The SMILES string of the molecule is O=C(O)C1=CC=C(C2CCCCC2)C#CC1. The molecule has 0 aromatic heterocycles. The lowest BCUT2D eigenvalue weighted by atomic mass is 9.84. The lowest BCUT2D eigenvalue weighted by Gasteiger charge is -2.21.